The van der Waals surface area contributed by atoms with E-state index < -0.39 is 5.97 Å². The number of aromatic carboxylic acids is 1. The molecule has 2 N–H and O–H groups in total. The number of nitrogens with one attached hydrogen (secondary N) is 1. The molecule has 2 rings (SSSR count). The number of carbonyl (C=O) groups is 1. The predicted molar refractivity (Wildman–Crippen MR) is 83.5 cm³/mol. The van der Waals surface area contributed by atoms with Crippen molar-refractivity contribution in [2.45, 2.75) is 13.5 Å². The summed E-state index contributed by atoms with van der Waals surface area (Å²) in [7, 11) is 1.61. The Bertz CT molecular complexity index is 671. The van der Waals surface area contributed by atoms with Crippen LogP contribution in [-0.2, 0) is 6.54 Å². The molecule has 4 nitrogen and oxygen atoms in total. The van der Waals surface area contributed by atoms with Gasteiger partial charge in [-0.1, -0.05) is 11.6 Å². The number of hydrogen-bond acceptors (Lipinski definition) is 3. The van der Waals surface area contributed by atoms with Crippen LogP contribution in [0, 0.1) is 6.92 Å². The molecule has 0 aliphatic carbocycles. The maximum absolute atomic E-state index is 10.9. The minimum Gasteiger partial charge on any atom is -0.496 e. The molecule has 5 heteroatoms. The molecule has 110 valence electrons. The van der Waals surface area contributed by atoms with Crippen LogP contribution in [0.25, 0.3) is 0 Å². The molecule has 0 unspecified atom stereocenters. The van der Waals surface area contributed by atoms with Gasteiger partial charge in [0.25, 0.3) is 0 Å². The van der Waals surface area contributed by atoms with Crippen molar-refractivity contribution in [1.82, 2.24) is 0 Å². The molecule has 0 amide bonds. The van der Waals surface area contributed by atoms with Crippen molar-refractivity contribution in [3.63, 3.8) is 0 Å². The molecule has 0 fully saturated rings. The van der Waals surface area contributed by atoms with Gasteiger partial charge in [-0.25, -0.2) is 4.79 Å². The largest absolute Gasteiger partial charge is 0.496 e. The van der Waals surface area contributed by atoms with Gasteiger partial charge in [-0.15, -0.1) is 0 Å². The second-order valence-corrected chi connectivity index (χ2v) is 5.08. The molecular formula is C16H16ClNO3. The van der Waals surface area contributed by atoms with Crippen molar-refractivity contribution in [3.05, 3.63) is 58.1 Å². The van der Waals surface area contributed by atoms with Gasteiger partial charge < -0.3 is 15.2 Å². The molecule has 0 saturated heterocycles. The molecule has 0 aromatic heterocycles. The summed E-state index contributed by atoms with van der Waals surface area (Å²) in [5.41, 5.74) is 2.96. The fourth-order valence-electron chi connectivity index (χ4n) is 2.07. The number of methoxy groups -OCH3 is 1. The maximum Gasteiger partial charge on any atom is 0.335 e. The van der Waals surface area contributed by atoms with Crippen molar-refractivity contribution in [2.75, 3.05) is 12.4 Å². The first-order valence-electron chi connectivity index (χ1n) is 6.41. The summed E-state index contributed by atoms with van der Waals surface area (Å²) in [4.78, 5) is 10.9. The van der Waals surface area contributed by atoms with E-state index in [0.717, 1.165) is 22.6 Å². The summed E-state index contributed by atoms with van der Waals surface area (Å²) in [6, 6.07) is 10.4. The van der Waals surface area contributed by atoms with Crippen molar-refractivity contribution in [3.8, 4) is 5.75 Å². The smallest absolute Gasteiger partial charge is 0.335 e. The van der Waals surface area contributed by atoms with Crippen LogP contribution >= 0.6 is 11.6 Å². The Balaban J connectivity index is 2.17. The number of ether oxygens (including phenoxy) is 1. The average molecular weight is 306 g/mol. The van der Waals surface area contributed by atoms with E-state index in [1.807, 2.05) is 19.1 Å². The quantitative estimate of drug-likeness (QED) is 0.877. The SMILES string of the molecule is COc1ccc(Cl)cc1CNc1ccc(C(=O)O)cc1C. The first-order chi connectivity index (χ1) is 10.0. The molecule has 21 heavy (non-hydrogen) atoms. The van der Waals surface area contributed by atoms with Gasteiger partial charge in [0.1, 0.15) is 5.75 Å². The maximum atomic E-state index is 10.9. The average Bonchev–Trinajstić information content (AvgIpc) is 2.46. The van der Waals surface area contributed by atoms with E-state index in [0.29, 0.717) is 11.6 Å². The van der Waals surface area contributed by atoms with Crippen LogP contribution in [0.2, 0.25) is 5.02 Å². The third-order valence-corrected chi connectivity index (χ3v) is 3.42. The second-order valence-electron chi connectivity index (χ2n) is 4.64. The normalized spacial score (nSPS) is 10.2. The predicted octanol–water partition coefficient (Wildman–Crippen LogP) is 3.97. The van der Waals surface area contributed by atoms with Crippen LogP contribution in [-0.4, -0.2) is 18.2 Å². The lowest BCUT2D eigenvalue weighted by molar-refractivity contribution is 0.0697. The molecule has 0 radical (unpaired) electrons. The summed E-state index contributed by atoms with van der Waals surface area (Å²) < 4.78 is 5.29. The number of aryl methyl sites for hydroxylation is 1. The fraction of sp³-hybridized carbons (Fsp3) is 0.188. The summed E-state index contributed by atoms with van der Waals surface area (Å²) >= 11 is 5.99. The first-order valence-corrected chi connectivity index (χ1v) is 6.79. The standard InChI is InChI=1S/C16H16ClNO3/c1-10-7-11(16(19)20)3-5-14(10)18-9-12-8-13(17)4-6-15(12)21-2/h3-8,18H,9H2,1-2H3,(H,19,20). The number of rotatable bonds is 5. The number of benzene rings is 2. The van der Waals surface area contributed by atoms with Crippen molar-refractivity contribution in [1.29, 1.82) is 0 Å². The Hall–Kier alpha value is -2.20. The van der Waals surface area contributed by atoms with E-state index in [9.17, 15) is 4.79 Å². The van der Waals surface area contributed by atoms with Crippen LogP contribution in [0.4, 0.5) is 5.69 Å². The Kier molecular flexibility index (Phi) is 4.70. The Morgan fingerprint density at radius 2 is 2.05 bits per heavy atom. The molecular weight excluding hydrogens is 290 g/mol. The molecule has 0 aliphatic heterocycles. The fourth-order valence-corrected chi connectivity index (χ4v) is 2.27. The van der Waals surface area contributed by atoms with Gasteiger partial charge >= 0.3 is 5.97 Å². The summed E-state index contributed by atoms with van der Waals surface area (Å²) in [6.45, 7) is 2.40. The zero-order chi connectivity index (χ0) is 15.4. The zero-order valence-corrected chi connectivity index (χ0v) is 12.6. The highest BCUT2D eigenvalue weighted by Crippen LogP contribution is 2.24. The molecule has 0 aliphatic rings. The number of carboxylic acid groups (broad SMARTS) is 1. The van der Waals surface area contributed by atoms with E-state index >= 15 is 0 Å². The van der Waals surface area contributed by atoms with Crippen molar-refractivity contribution >= 4 is 23.3 Å². The van der Waals surface area contributed by atoms with Gasteiger partial charge in [0, 0.05) is 22.8 Å². The highest BCUT2D eigenvalue weighted by molar-refractivity contribution is 6.30. The Morgan fingerprint density at radius 3 is 2.67 bits per heavy atom. The van der Waals surface area contributed by atoms with Gasteiger partial charge in [-0.2, -0.15) is 0 Å². The Labute approximate surface area is 128 Å². The van der Waals surface area contributed by atoms with Crippen molar-refractivity contribution in [2.24, 2.45) is 0 Å². The number of carboxylic acids is 1. The lowest BCUT2D eigenvalue weighted by Gasteiger charge is -2.13. The van der Waals surface area contributed by atoms with Crippen LogP contribution in [0.1, 0.15) is 21.5 Å². The summed E-state index contributed by atoms with van der Waals surface area (Å²) in [5.74, 6) is -0.173. The topological polar surface area (TPSA) is 58.6 Å². The van der Waals surface area contributed by atoms with Gasteiger partial charge in [0.15, 0.2) is 0 Å². The lowest BCUT2D eigenvalue weighted by atomic mass is 10.1. The highest BCUT2D eigenvalue weighted by atomic mass is 35.5. The lowest BCUT2D eigenvalue weighted by Crippen LogP contribution is -2.04. The van der Waals surface area contributed by atoms with Gasteiger partial charge in [-0.05, 0) is 48.9 Å². The molecule has 0 saturated carbocycles. The molecule has 0 heterocycles. The van der Waals surface area contributed by atoms with E-state index in [-0.39, 0.29) is 5.56 Å². The third-order valence-electron chi connectivity index (χ3n) is 3.19. The number of anilines is 1. The van der Waals surface area contributed by atoms with Gasteiger partial charge in [0.2, 0.25) is 0 Å². The molecule has 2 aromatic rings. The van der Waals surface area contributed by atoms with Crippen LogP contribution in [0.3, 0.4) is 0 Å². The van der Waals surface area contributed by atoms with Crippen LogP contribution in [0.5, 0.6) is 5.75 Å². The minimum atomic E-state index is -0.929. The van der Waals surface area contributed by atoms with E-state index in [1.165, 1.54) is 0 Å². The monoisotopic (exact) mass is 305 g/mol. The van der Waals surface area contributed by atoms with Crippen LogP contribution < -0.4 is 10.1 Å². The minimum absolute atomic E-state index is 0.276. The highest BCUT2D eigenvalue weighted by Gasteiger charge is 2.07. The molecule has 2 aromatic carbocycles. The van der Waals surface area contributed by atoms with Crippen LogP contribution in [0.15, 0.2) is 36.4 Å². The van der Waals surface area contributed by atoms with E-state index in [1.54, 1.807) is 31.4 Å². The molecule has 0 bridgehead atoms. The number of hydrogen-bond donors (Lipinski definition) is 2. The molecule has 0 atom stereocenters. The molecule has 0 spiro atoms. The Morgan fingerprint density at radius 1 is 1.29 bits per heavy atom. The van der Waals surface area contributed by atoms with E-state index in [4.69, 9.17) is 21.4 Å². The summed E-state index contributed by atoms with van der Waals surface area (Å²) in [6.07, 6.45) is 0. The summed E-state index contributed by atoms with van der Waals surface area (Å²) in [5, 5.41) is 12.9. The van der Waals surface area contributed by atoms with Crippen molar-refractivity contribution < 1.29 is 14.6 Å². The first kappa shape index (κ1) is 15.2. The number of halogens is 1. The zero-order valence-electron chi connectivity index (χ0n) is 11.8. The third kappa shape index (κ3) is 3.67. The van der Waals surface area contributed by atoms with E-state index in [2.05, 4.69) is 5.32 Å². The second kappa shape index (κ2) is 6.50. The van der Waals surface area contributed by atoms with Gasteiger partial charge in [-0.3, -0.25) is 0 Å². The van der Waals surface area contributed by atoms with Gasteiger partial charge in [0.05, 0.1) is 12.7 Å².